The smallest absolute Gasteiger partial charge is 0.227 e. The highest BCUT2D eigenvalue weighted by Gasteiger charge is 2.15. The summed E-state index contributed by atoms with van der Waals surface area (Å²) in [5, 5.41) is 3.25. The summed E-state index contributed by atoms with van der Waals surface area (Å²) in [6.07, 6.45) is 7.51. The van der Waals surface area contributed by atoms with Crippen molar-refractivity contribution in [2.75, 3.05) is 32.6 Å². The molecule has 0 saturated carbocycles. The normalized spacial score (nSPS) is 14.6. The molecule has 0 unspecified atom stereocenters. The van der Waals surface area contributed by atoms with Crippen LogP contribution in [0.5, 0.6) is 5.75 Å². The Hall–Kier alpha value is -3.03. The molecule has 1 N–H and O–H groups in total. The second kappa shape index (κ2) is 9.65. The van der Waals surface area contributed by atoms with Crippen LogP contribution in [0.2, 0.25) is 0 Å². The molecule has 7 heteroatoms. The van der Waals surface area contributed by atoms with E-state index >= 15 is 0 Å². The number of hydrogen-bond donors (Lipinski definition) is 1. The summed E-state index contributed by atoms with van der Waals surface area (Å²) < 4.78 is 11.4. The summed E-state index contributed by atoms with van der Waals surface area (Å²) in [7, 11) is 4.07. The van der Waals surface area contributed by atoms with Gasteiger partial charge in [-0.2, -0.15) is 0 Å². The molecule has 1 aromatic carbocycles. The number of ether oxygens (including phenoxy) is 2. The zero-order valence-corrected chi connectivity index (χ0v) is 17.4. The van der Waals surface area contributed by atoms with E-state index in [0.29, 0.717) is 5.95 Å². The lowest BCUT2D eigenvalue weighted by molar-refractivity contribution is 0.0256. The van der Waals surface area contributed by atoms with Crippen molar-refractivity contribution in [1.29, 1.82) is 0 Å². The predicted molar refractivity (Wildman–Crippen MR) is 117 cm³/mol. The summed E-state index contributed by atoms with van der Waals surface area (Å²) in [6, 6.07) is 12.0. The zero-order chi connectivity index (χ0) is 20.8. The molecule has 2 aromatic heterocycles. The van der Waals surface area contributed by atoms with Gasteiger partial charge in [-0.3, -0.25) is 4.98 Å². The maximum atomic E-state index is 6.05. The van der Waals surface area contributed by atoms with Gasteiger partial charge in [-0.05, 0) is 56.1 Å². The minimum absolute atomic E-state index is 0.233. The van der Waals surface area contributed by atoms with Gasteiger partial charge < -0.3 is 19.7 Å². The first-order valence-electron chi connectivity index (χ1n) is 10.2. The number of aromatic nitrogens is 3. The fourth-order valence-corrected chi connectivity index (χ4v) is 3.41. The van der Waals surface area contributed by atoms with Crippen LogP contribution >= 0.6 is 0 Å². The first kappa shape index (κ1) is 20.3. The van der Waals surface area contributed by atoms with Crippen LogP contribution in [0.25, 0.3) is 11.3 Å². The van der Waals surface area contributed by atoms with Crippen LogP contribution in [0.4, 0.5) is 11.6 Å². The van der Waals surface area contributed by atoms with E-state index in [1.807, 2.05) is 50.6 Å². The Labute approximate surface area is 177 Å². The largest absolute Gasteiger partial charge is 0.490 e. The molecule has 3 aromatic rings. The molecule has 0 bridgehead atoms. The lowest BCUT2D eigenvalue weighted by Crippen LogP contribution is -2.25. The molecule has 156 valence electrons. The average molecular weight is 406 g/mol. The molecule has 7 nitrogen and oxygen atoms in total. The quantitative estimate of drug-likeness (QED) is 0.639. The summed E-state index contributed by atoms with van der Waals surface area (Å²) in [5.74, 6) is 1.42. The van der Waals surface area contributed by atoms with Gasteiger partial charge in [0.25, 0.3) is 0 Å². The topological polar surface area (TPSA) is 72.4 Å². The zero-order valence-electron chi connectivity index (χ0n) is 17.4. The van der Waals surface area contributed by atoms with E-state index < -0.39 is 0 Å². The number of rotatable bonds is 7. The molecule has 0 aliphatic carbocycles. The van der Waals surface area contributed by atoms with Gasteiger partial charge in [-0.1, -0.05) is 0 Å². The maximum absolute atomic E-state index is 6.05. The van der Waals surface area contributed by atoms with Crippen LogP contribution in [0.1, 0.15) is 18.4 Å². The lowest BCUT2D eigenvalue weighted by Gasteiger charge is -2.23. The van der Waals surface area contributed by atoms with E-state index in [0.717, 1.165) is 60.9 Å². The van der Waals surface area contributed by atoms with Crippen molar-refractivity contribution < 1.29 is 9.47 Å². The second-order valence-electron chi connectivity index (χ2n) is 7.66. The Morgan fingerprint density at radius 2 is 1.90 bits per heavy atom. The van der Waals surface area contributed by atoms with Crippen molar-refractivity contribution in [3.63, 3.8) is 0 Å². The summed E-state index contributed by atoms with van der Waals surface area (Å²) in [5.41, 5.74) is 3.86. The van der Waals surface area contributed by atoms with Crippen LogP contribution < -0.4 is 10.1 Å². The minimum Gasteiger partial charge on any atom is -0.490 e. The first-order valence-corrected chi connectivity index (χ1v) is 10.2. The van der Waals surface area contributed by atoms with Crippen LogP contribution in [-0.4, -0.2) is 53.3 Å². The highest BCUT2D eigenvalue weighted by atomic mass is 16.5. The number of pyridine rings is 1. The minimum atomic E-state index is 0.233. The number of hydrogen-bond acceptors (Lipinski definition) is 7. The summed E-state index contributed by atoms with van der Waals surface area (Å²) in [4.78, 5) is 15.4. The third kappa shape index (κ3) is 5.52. The van der Waals surface area contributed by atoms with Crippen LogP contribution in [0.15, 0.2) is 55.0 Å². The van der Waals surface area contributed by atoms with Gasteiger partial charge in [0, 0.05) is 37.3 Å². The molecule has 0 radical (unpaired) electrons. The van der Waals surface area contributed by atoms with E-state index in [-0.39, 0.29) is 6.10 Å². The highest BCUT2D eigenvalue weighted by molar-refractivity contribution is 5.62. The van der Waals surface area contributed by atoms with E-state index in [2.05, 4.69) is 31.2 Å². The Bertz CT molecular complexity index is 956. The Morgan fingerprint density at radius 3 is 2.67 bits per heavy atom. The van der Waals surface area contributed by atoms with Crippen molar-refractivity contribution >= 4 is 11.6 Å². The van der Waals surface area contributed by atoms with E-state index in [9.17, 15) is 0 Å². The average Bonchev–Trinajstić information content (AvgIpc) is 2.75. The molecular weight excluding hydrogens is 378 g/mol. The van der Waals surface area contributed by atoms with Gasteiger partial charge in [-0.25, -0.2) is 9.97 Å². The van der Waals surface area contributed by atoms with Gasteiger partial charge in [-0.15, -0.1) is 0 Å². The number of benzene rings is 1. The van der Waals surface area contributed by atoms with Crippen molar-refractivity contribution in [2.24, 2.45) is 0 Å². The Balaban J connectivity index is 1.44. The van der Waals surface area contributed by atoms with Gasteiger partial charge in [0.2, 0.25) is 5.95 Å². The maximum Gasteiger partial charge on any atom is 0.227 e. The fourth-order valence-electron chi connectivity index (χ4n) is 3.41. The van der Waals surface area contributed by atoms with Crippen molar-refractivity contribution in [2.45, 2.75) is 25.5 Å². The summed E-state index contributed by atoms with van der Waals surface area (Å²) in [6.45, 7) is 2.37. The standard InChI is InChI=1S/C23H27N5O2/c1-28(2)16-17-13-19(15-24-14-17)26-23-25-10-7-22(27-23)18-3-5-20(6-4-18)30-21-8-11-29-12-9-21/h3-7,10,13-15,21H,8-9,11-12,16H2,1-2H3,(H,25,26,27). The molecule has 30 heavy (non-hydrogen) atoms. The predicted octanol–water partition coefficient (Wildman–Crippen LogP) is 3.90. The monoisotopic (exact) mass is 405 g/mol. The lowest BCUT2D eigenvalue weighted by atomic mass is 10.1. The molecule has 3 heterocycles. The van der Waals surface area contributed by atoms with Crippen LogP contribution in [-0.2, 0) is 11.3 Å². The van der Waals surface area contributed by atoms with Crippen LogP contribution in [0.3, 0.4) is 0 Å². The third-order valence-electron chi connectivity index (χ3n) is 4.83. The molecule has 1 saturated heterocycles. The van der Waals surface area contributed by atoms with Crippen molar-refractivity contribution in [1.82, 2.24) is 19.9 Å². The molecule has 0 atom stereocenters. The number of nitrogens with zero attached hydrogens (tertiary/aromatic N) is 4. The molecule has 4 rings (SSSR count). The van der Waals surface area contributed by atoms with Crippen molar-refractivity contribution in [3.8, 4) is 17.0 Å². The Morgan fingerprint density at radius 1 is 1.10 bits per heavy atom. The Kier molecular flexibility index (Phi) is 6.51. The third-order valence-corrected chi connectivity index (χ3v) is 4.83. The van der Waals surface area contributed by atoms with Crippen LogP contribution in [0, 0.1) is 0 Å². The van der Waals surface area contributed by atoms with Gasteiger partial charge in [0.1, 0.15) is 11.9 Å². The fraction of sp³-hybridized carbons (Fsp3) is 0.348. The SMILES string of the molecule is CN(C)Cc1cncc(Nc2nccc(-c3ccc(OC4CCOCC4)cc3)n2)c1. The molecule has 0 amide bonds. The van der Waals surface area contributed by atoms with E-state index in [4.69, 9.17) is 9.47 Å². The number of anilines is 2. The second-order valence-corrected chi connectivity index (χ2v) is 7.66. The summed E-state index contributed by atoms with van der Waals surface area (Å²) >= 11 is 0. The first-order chi connectivity index (χ1) is 14.7. The van der Waals surface area contributed by atoms with E-state index in [1.54, 1.807) is 12.4 Å². The molecular formula is C23H27N5O2. The molecule has 0 spiro atoms. The highest BCUT2D eigenvalue weighted by Crippen LogP contribution is 2.24. The molecule has 1 fully saturated rings. The van der Waals surface area contributed by atoms with Gasteiger partial charge in [0.15, 0.2) is 0 Å². The number of nitrogens with one attached hydrogen (secondary N) is 1. The molecule has 1 aliphatic rings. The van der Waals surface area contributed by atoms with Gasteiger partial charge >= 0.3 is 0 Å². The van der Waals surface area contributed by atoms with Gasteiger partial charge in [0.05, 0.1) is 30.8 Å². The van der Waals surface area contributed by atoms with E-state index in [1.165, 1.54) is 0 Å². The molecule has 1 aliphatic heterocycles. The van der Waals surface area contributed by atoms with Crippen molar-refractivity contribution in [3.05, 3.63) is 60.6 Å².